The molecule has 4 rings (SSSR count). The molecule has 0 saturated carbocycles. The molecule has 0 spiro atoms. The third-order valence-electron chi connectivity index (χ3n) is 7.11. The molecular formula is C23H25IN2O8S. The van der Waals surface area contributed by atoms with Gasteiger partial charge in [0.05, 0.1) is 17.9 Å². The van der Waals surface area contributed by atoms with E-state index in [9.17, 15) is 39.4 Å². The monoisotopic (exact) mass is 616 g/mol. The Hall–Kier alpha value is -2.13. The van der Waals surface area contributed by atoms with Crippen molar-refractivity contribution in [3.63, 3.8) is 0 Å². The maximum atomic E-state index is 13.6. The van der Waals surface area contributed by atoms with Gasteiger partial charge in [-0.25, -0.2) is 0 Å². The molecule has 10 nitrogen and oxygen atoms in total. The number of hydrogen-bond acceptors (Lipinski definition) is 9. The number of aliphatic hydroxyl groups excluding tert-OH is 2. The second-order valence-electron chi connectivity index (χ2n) is 9.40. The minimum atomic E-state index is -2.67. The number of rotatable bonds is 4. The predicted octanol–water partition coefficient (Wildman–Crippen LogP) is 0.604. The van der Waals surface area contributed by atoms with E-state index in [2.05, 4.69) is 0 Å². The van der Waals surface area contributed by atoms with E-state index < -0.39 is 69.2 Å². The summed E-state index contributed by atoms with van der Waals surface area (Å²) in [6, 6.07) is 0.632. The first-order chi connectivity index (χ1) is 16.2. The largest absolute Gasteiger partial charge is 0.616 e. The van der Waals surface area contributed by atoms with Crippen LogP contribution in [0.2, 0.25) is 0 Å². The van der Waals surface area contributed by atoms with Gasteiger partial charge in [-0.3, -0.25) is 19.3 Å². The van der Waals surface area contributed by atoms with Crippen LogP contribution >= 0.6 is 22.6 Å². The maximum absolute atomic E-state index is 13.6. The van der Waals surface area contributed by atoms with Gasteiger partial charge in [-0.1, -0.05) is 11.2 Å². The fourth-order valence-electron chi connectivity index (χ4n) is 5.65. The molecule has 0 saturated heterocycles. The Balaban J connectivity index is 1.95. The first-order valence-corrected chi connectivity index (χ1v) is 13.5. The lowest BCUT2D eigenvalue weighted by Gasteiger charge is -2.50. The van der Waals surface area contributed by atoms with Gasteiger partial charge in [-0.2, -0.15) is 0 Å². The number of phenolic OH excluding ortho intramolecular Hbond substituents is 1. The average Bonchev–Trinajstić information content (AvgIpc) is 2.73. The van der Waals surface area contributed by atoms with Gasteiger partial charge < -0.3 is 30.7 Å². The Bertz CT molecular complexity index is 1240. The molecule has 1 aromatic carbocycles. The highest BCUT2D eigenvalue weighted by Gasteiger charge is 2.63. The average molecular weight is 616 g/mol. The highest BCUT2D eigenvalue weighted by molar-refractivity contribution is 14.1. The molecule has 5 atom stereocenters. The van der Waals surface area contributed by atoms with Gasteiger partial charge in [0, 0.05) is 20.6 Å². The zero-order valence-corrected chi connectivity index (χ0v) is 22.1. The molecule has 188 valence electrons. The van der Waals surface area contributed by atoms with Crippen molar-refractivity contribution in [2.45, 2.75) is 30.2 Å². The number of aromatic hydroxyl groups is 1. The number of amides is 1. The zero-order chi connectivity index (χ0) is 26.1. The van der Waals surface area contributed by atoms with Crippen molar-refractivity contribution in [3.8, 4) is 5.75 Å². The van der Waals surface area contributed by atoms with E-state index in [1.54, 1.807) is 20.2 Å². The number of aliphatic hydroxyl groups is 3. The number of phenols is 1. The molecule has 3 aliphatic carbocycles. The number of primary amides is 1. The first-order valence-electron chi connectivity index (χ1n) is 10.7. The van der Waals surface area contributed by atoms with E-state index in [1.807, 2.05) is 22.6 Å². The number of ketones is 2. The molecule has 35 heavy (non-hydrogen) atoms. The fourth-order valence-corrected chi connectivity index (χ4v) is 7.18. The number of halogens is 1. The Morgan fingerprint density at radius 1 is 1.31 bits per heavy atom. The SMILES string of the molecule is CN(C)C1C(O)=C(C(N)=O)C(=O)[C@@]2(O)C(O)=C3C(=O)c4c(O)c(C[S+](C)[O-])cc(I)c4C[C@H]3C[C@@H]12. The number of Topliss-reactive ketones (excluding diaryl/α,β-unsaturated/α-hetero) is 2. The van der Waals surface area contributed by atoms with Crippen molar-refractivity contribution in [2.75, 3.05) is 20.4 Å². The summed E-state index contributed by atoms with van der Waals surface area (Å²) in [5.74, 6) is -6.85. The first kappa shape index (κ1) is 25.9. The van der Waals surface area contributed by atoms with E-state index in [4.69, 9.17) is 5.73 Å². The van der Waals surface area contributed by atoms with E-state index in [1.165, 1.54) is 11.2 Å². The van der Waals surface area contributed by atoms with Crippen LogP contribution in [0.25, 0.3) is 0 Å². The maximum Gasteiger partial charge on any atom is 0.255 e. The van der Waals surface area contributed by atoms with Crippen molar-refractivity contribution in [2.24, 2.45) is 17.6 Å². The molecule has 0 heterocycles. The number of benzene rings is 1. The standard InChI is InChI=1S/C23H25IN2O8S/c1-26(2)16-11-5-8-4-10-12(24)6-9(7-35(3)34)17(27)14(10)18(28)13(8)20(30)23(11,33)21(31)15(19(16)29)22(25)32/h6,8,11,16,27,29-30,33H,4-5,7H2,1-3H3,(H2,25,32)/t8-,11-,16?,23-,35?/m0/s1. The number of nitrogens with zero attached hydrogens (tertiary/aromatic N) is 1. The molecule has 2 unspecified atom stereocenters. The van der Waals surface area contributed by atoms with Crippen LogP contribution in [0.15, 0.2) is 28.7 Å². The molecule has 0 radical (unpaired) electrons. The van der Waals surface area contributed by atoms with Crippen molar-refractivity contribution in [1.82, 2.24) is 4.90 Å². The topological polar surface area (TPSA) is 184 Å². The van der Waals surface area contributed by atoms with Crippen LogP contribution in [-0.2, 0) is 32.9 Å². The number of fused-ring (bicyclic) bond motifs is 3. The summed E-state index contributed by atoms with van der Waals surface area (Å²) in [4.78, 5) is 40.4. The number of likely N-dealkylation sites (N-methyl/N-ethyl adjacent to an activating group) is 1. The molecule has 1 aromatic rings. The summed E-state index contributed by atoms with van der Waals surface area (Å²) >= 11 is 0.733. The summed E-state index contributed by atoms with van der Waals surface area (Å²) in [6.45, 7) is 0. The lowest BCUT2D eigenvalue weighted by atomic mass is 9.58. The van der Waals surface area contributed by atoms with Crippen LogP contribution < -0.4 is 5.73 Å². The minimum Gasteiger partial charge on any atom is -0.616 e. The summed E-state index contributed by atoms with van der Waals surface area (Å²) in [7, 11) is 3.15. The van der Waals surface area contributed by atoms with Crippen molar-refractivity contribution in [3.05, 3.63) is 49.0 Å². The molecular weight excluding hydrogens is 591 g/mol. The Morgan fingerprint density at radius 3 is 2.49 bits per heavy atom. The quantitative estimate of drug-likeness (QED) is 0.184. The van der Waals surface area contributed by atoms with Crippen molar-refractivity contribution >= 4 is 51.2 Å². The molecule has 0 bridgehead atoms. The van der Waals surface area contributed by atoms with Gasteiger partial charge in [0.1, 0.15) is 28.6 Å². The van der Waals surface area contributed by atoms with E-state index in [-0.39, 0.29) is 35.5 Å². The predicted molar refractivity (Wildman–Crippen MR) is 134 cm³/mol. The molecule has 0 aromatic heterocycles. The number of carbonyl (C=O) groups is 3. The third-order valence-corrected chi connectivity index (χ3v) is 8.79. The Morgan fingerprint density at radius 2 is 1.94 bits per heavy atom. The van der Waals surface area contributed by atoms with Gasteiger partial charge in [0.15, 0.2) is 11.4 Å². The van der Waals surface area contributed by atoms with Crippen molar-refractivity contribution in [1.29, 1.82) is 0 Å². The van der Waals surface area contributed by atoms with Crippen LogP contribution in [0.3, 0.4) is 0 Å². The number of hydrogen-bond donors (Lipinski definition) is 5. The Kier molecular flexibility index (Phi) is 6.50. The highest BCUT2D eigenvalue weighted by Crippen LogP contribution is 2.52. The third kappa shape index (κ3) is 3.68. The number of carbonyl (C=O) groups excluding carboxylic acids is 3. The van der Waals surface area contributed by atoms with Crippen LogP contribution in [0.5, 0.6) is 5.75 Å². The summed E-state index contributed by atoms with van der Waals surface area (Å²) in [6.07, 6.45) is 1.71. The summed E-state index contributed by atoms with van der Waals surface area (Å²) in [5.41, 5.74) is 2.37. The number of allylic oxidation sites excluding steroid dienone is 1. The van der Waals surface area contributed by atoms with Crippen LogP contribution in [0, 0.1) is 15.4 Å². The molecule has 0 aliphatic heterocycles. The lowest BCUT2D eigenvalue weighted by Crippen LogP contribution is -2.63. The van der Waals surface area contributed by atoms with E-state index >= 15 is 0 Å². The van der Waals surface area contributed by atoms with Crippen LogP contribution in [-0.4, -0.2) is 79.3 Å². The highest BCUT2D eigenvalue weighted by atomic mass is 127. The normalized spacial score (nSPS) is 29.2. The van der Waals surface area contributed by atoms with E-state index in [0.29, 0.717) is 14.7 Å². The Labute approximate surface area is 217 Å². The summed E-state index contributed by atoms with van der Waals surface area (Å²) in [5, 5.41) is 44.5. The molecule has 6 N–H and O–H groups in total. The molecule has 12 heteroatoms. The van der Waals surface area contributed by atoms with Crippen LogP contribution in [0.4, 0.5) is 0 Å². The fraction of sp³-hybridized carbons (Fsp3) is 0.435. The van der Waals surface area contributed by atoms with Gasteiger partial charge >= 0.3 is 0 Å². The van der Waals surface area contributed by atoms with Crippen LogP contribution in [0.1, 0.15) is 27.9 Å². The second-order valence-corrected chi connectivity index (χ2v) is 12.0. The lowest BCUT2D eigenvalue weighted by molar-refractivity contribution is -0.148. The van der Waals surface area contributed by atoms with E-state index in [0.717, 1.165) is 0 Å². The van der Waals surface area contributed by atoms with Gasteiger partial charge in [0.25, 0.3) is 5.91 Å². The molecule has 3 aliphatic rings. The summed E-state index contributed by atoms with van der Waals surface area (Å²) < 4.78 is 12.4. The number of nitrogens with two attached hydrogens (primary N) is 1. The zero-order valence-electron chi connectivity index (χ0n) is 19.2. The van der Waals surface area contributed by atoms with Gasteiger partial charge in [0.2, 0.25) is 5.78 Å². The van der Waals surface area contributed by atoms with Gasteiger partial charge in [-0.15, -0.1) is 0 Å². The van der Waals surface area contributed by atoms with Gasteiger partial charge in [-0.05, 0) is 67.1 Å². The molecule has 1 amide bonds. The van der Waals surface area contributed by atoms with Crippen molar-refractivity contribution < 1.29 is 39.4 Å². The molecule has 0 fully saturated rings. The minimum absolute atomic E-state index is 0.0118. The smallest absolute Gasteiger partial charge is 0.255 e. The second kappa shape index (κ2) is 8.76.